The van der Waals surface area contributed by atoms with Gasteiger partial charge >= 0.3 is 0 Å². The Hall–Kier alpha value is -3.12. The summed E-state index contributed by atoms with van der Waals surface area (Å²) < 4.78 is 5.76. The number of nitrogens with zero attached hydrogens (tertiary/aromatic N) is 2. The SMILES string of the molecule is CCN(CC)CCCN1C(=O)C(=O)C(=C(O)c2ccc3c(c2)C[C@H](C)O3)[C@@H]1c1ccccc1. The summed E-state index contributed by atoms with van der Waals surface area (Å²) in [6, 6.07) is 14.3. The maximum Gasteiger partial charge on any atom is 0.295 e. The number of amides is 1. The van der Waals surface area contributed by atoms with Crippen LogP contribution in [-0.2, 0) is 16.0 Å². The molecule has 0 spiro atoms. The van der Waals surface area contributed by atoms with Gasteiger partial charge in [0, 0.05) is 18.5 Å². The molecule has 2 heterocycles. The van der Waals surface area contributed by atoms with E-state index in [0.29, 0.717) is 12.1 Å². The van der Waals surface area contributed by atoms with Crippen molar-refractivity contribution in [1.82, 2.24) is 9.80 Å². The highest BCUT2D eigenvalue weighted by molar-refractivity contribution is 6.46. The van der Waals surface area contributed by atoms with Gasteiger partial charge in [0.2, 0.25) is 0 Å². The first-order valence-corrected chi connectivity index (χ1v) is 11.8. The molecule has 1 fully saturated rings. The fraction of sp³-hybridized carbons (Fsp3) is 0.407. The number of hydrogen-bond acceptors (Lipinski definition) is 5. The highest BCUT2D eigenvalue weighted by atomic mass is 16.5. The second kappa shape index (κ2) is 9.79. The summed E-state index contributed by atoms with van der Waals surface area (Å²) in [6.07, 6.45) is 1.59. The van der Waals surface area contributed by atoms with Gasteiger partial charge in [-0.1, -0.05) is 44.2 Å². The molecule has 0 saturated carbocycles. The maximum atomic E-state index is 13.2. The van der Waals surface area contributed by atoms with Crippen molar-refractivity contribution in [3.63, 3.8) is 0 Å². The molecule has 4 rings (SSSR count). The average molecular weight is 449 g/mol. The molecule has 0 aromatic heterocycles. The van der Waals surface area contributed by atoms with Gasteiger partial charge in [-0.05, 0) is 62.3 Å². The number of benzene rings is 2. The molecule has 174 valence electrons. The van der Waals surface area contributed by atoms with Crippen LogP contribution in [0, 0.1) is 0 Å². The largest absolute Gasteiger partial charge is 0.507 e. The Labute approximate surface area is 195 Å². The number of hydrogen-bond donors (Lipinski definition) is 1. The van der Waals surface area contributed by atoms with Gasteiger partial charge in [-0.3, -0.25) is 9.59 Å². The number of carbonyl (C=O) groups is 2. The first-order valence-electron chi connectivity index (χ1n) is 11.8. The van der Waals surface area contributed by atoms with Gasteiger partial charge in [0.25, 0.3) is 11.7 Å². The van der Waals surface area contributed by atoms with Crippen LogP contribution in [0.15, 0.2) is 54.1 Å². The van der Waals surface area contributed by atoms with E-state index >= 15 is 0 Å². The molecule has 0 unspecified atom stereocenters. The minimum absolute atomic E-state index is 0.0816. The number of rotatable bonds is 8. The van der Waals surface area contributed by atoms with E-state index in [0.717, 1.165) is 49.4 Å². The third-order valence-corrected chi connectivity index (χ3v) is 6.59. The molecule has 2 aliphatic rings. The van der Waals surface area contributed by atoms with Crippen LogP contribution in [0.25, 0.3) is 5.76 Å². The van der Waals surface area contributed by atoms with Crippen LogP contribution in [0.1, 0.15) is 49.9 Å². The smallest absolute Gasteiger partial charge is 0.295 e. The average Bonchev–Trinajstić information content (AvgIpc) is 3.32. The lowest BCUT2D eigenvalue weighted by Crippen LogP contribution is -2.33. The summed E-state index contributed by atoms with van der Waals surface area (Å²) in [5.74, 6) is -0.510. The van der Waals surface area contributed by atoms with Gasteiger partial charge in [-0.2, -0.15) is 0 Å². The van der Waals surface area contributed by atoms with Crippen LogP contribution in [0.5, 0.6) is 5.75 Å². The van der Waals surface area contributed by atoms with Gasteiger partial charge in [0.05, 0.1) is 11.6 Å². The standard InChI is InChI=1S/C27H32N2O4/c1-4-28(5-2)14-9-15-29-24(19-10-7-6-8-11-19)23(26(31)27(29)32)25(30)20-12-13-22-21(17-20)16-18(3)33-22/h6-8,10-13,17-18,24,30H,4-5,9,14-16H2,1-3H3/t18-,24-/m0/s1. The molecule has 0 bridgehead atoms. The van der Waals surface area contributed by atoms with E-state index in [1.165, 1.54) is 0 Å². The Morgan fingerprint density at radius 3 is 2.55 bits per heavy atom. The zero-order valence-corrected chi connectivity index (χ0v) is 19.6. The van der Waals surface area contributed by atoms with Crippen molar-refractivity contribution >= 4 is 17.4 Å². The molecule has 2 aromatic rings. The highest BCUT2D eigenvalue weighted by Crippen LogP contribution is 2.40. The minimum atomic E-state index is -0.630. The van der Waals surface area contributed by atoms with Crippen LogP contribution in [0.2, 0.25) is 0 Å². The Bertz CT molecular complexity index is 1060. The Morgan fingerprint density at radius 1 is 1.12 bits per heavy atom. The fourth-order valence-electron chi connectivity index (χ4n) is 4.82. The molecule has 0 radical (unpaired) electrons. The van der Waals surface area contributed by atoms with Crippen molar-refractivity contribution in [1.29, 1.82) is 0 Å². The van der Waals surface area contributed by atoms with E-state index in [4.69, 9.17) is 4.74 Å². The van der Waals surface area contributed by atoms with E-state index in [2.05, 4.69) is 18.7 Å². The zero-order valence-electron chi connectivity index (χ0n) is 19.6. The molecule has 2 atom stereocenters. The molecule has 0 aliphatic carbocycles. The van der Waals surface area contributed by atoms with Crippen molar-refractivity contribution in [2.45, 2.75) is 45.8 Å². The van der Waals surface area contributed by atoms with Crippen LogP contribution in [0.4, 0.5) is 0 Å². The Kier molecular flexibility index (Phi) is 6.84. The van der Waals surface area contributed by atoms with Crippen molar-refractivity contribution in [3.05, 3.63) is 70.8 Å². The van der Waals surface area contributed by atoms with Crippen molar-refractivity contribution < 1.29 is 19.4 Å². The lowest BCUT2D eigenvalue weighted by Gasteiger charge is -2.26. The van der Waals surface area contributed by atoms with Crippen LogP contribution < -0.4 is 4.74 Å². The number of Topliss-reactive ketones (excluding diaryl/α,β-unsaturated/α-hetero) is 1. The number of carbonyl (C=O) groups excluding carboxylic acids is 2. The third-order valence-electron chi connectivity index (χ3n) is 6.59. The summed E-state index contributed by atoms with van der Waals surface area (Å²) in [7, 11) is 0. The number of ether oxygens (including phenoxy) is 1. The summed E-state index contributed by atoms with van der Waals surface area (Å²) >= 11 is 0. The van der Waals surface area contributed by atoms with Gasteiger partial charge < -0.3 is 19.6 Å². The molecule has 2 aromatic carbocycles. The maximum absolute atomic E-state index is 13.2. The quantitative estimate of drug-likeness (QED) is 0.373. The first kappa shape index (κ1) is 23.1. The number of aliphatic hydroxyl groups is 1. The van der Waals surface area contributed by atoms with E-state index in [1.807, 2.05) is 49.4 Å². The van der Waals surface area contributed by atoms with Gasteiger partial charge in [0.1, 0.15) is 17.6 Å². The van der Waals surface area contributed by atoms with E-state index < -0.39 is 17.7 Å². The molecule has 2 aliphatic heterocycles. The summed E-state index contributed by atoms with van der Waals surface area (Å²) in [5.41, 5.74) is 2.50. The van der Waals surface area contributed by atoms with Crippen LogP contribution >= 0.6 is 0 Å². The topological polar surface area (TPSA) is 70.1 Å². The molecular formula is C27H32N2O4. The number of likely N-dealkylation sites (tertiary alicyclic amines) is 1. The third kappa shape index (κ3) is 4.53. The molecular weight excluding hydrogens is 416 g/mol. The second-order valence-electron chi connectivity index (χ2n) is 8.74. The molecule has 6 nitrogen and oxygen atoms in total. The number of aliphatic hydroxyl groups excluding tert-OH is 1. The predicted octanol–water partition coefficient (Wildman–Crippen LogP) is 4.16. The molecule has 1 N–H and O–H groups in total. The lowest BCUT2D eigenvalue weighted by atomic mass is 9.94. The predicted molar refractivity (Wildman–Crippen MR) is 128 cm³/mol. The monoisotopic (exact) mass is 448 g/mol. The Balaban J connectivity index is 1.71. The second-order valence-corrected chi connectivity index (χ2v) is 8.74. The van der Waals surface area contributed by atoms with Gasteiger partial charge in [-0.25, -0.2) is 0 Å². The summed E-state index contributed by atoms with van der Waals surface area (Å²) in [4.78, 5) is 30.2. The zero-order chi connectivity index (χ0) is 23.5. The van der Waals surface area contributed by atoms with Crippen molar-refractivity contribution in [2.75, 3.05) is 26.2 Å². The Morgan fingerprint density at radius 2 is 1.85 bits per heavy atom. The summed E-state index contributed by atoms with van der Waals surface area (Å²) in [5, 5.41) is 11.3. The van der Waals surface area contributed by atoms with E-state index in [9.17, 15) is 14.7 Å². The van der Waals surface area contributed by atoms with Crippen molar-refractivity contribution in [2.24, 2.45) is 0 Å². The fourth-order valence-corrected chi connectivity index (χ4v) is 4.82. The molecule has 33 heavy (non-hydrogen) atoms. The van der Waals surface area contributed by atoms with Crippen LogP contribution in [0.3, 0.4) is 0 Å². The molecule has 6 heteroatoms. The van der Waals surface area contributed by atoms with Crippen molar-refractivity contribution in [3.8, 4) is 5.75 Å². The number of ketones is 1. The summed E-state index contributed by atoms with van der Waals surface area (Å²) in [6.45, 7) is 9.41. The molecule has 1 saturated heterocycles. The minimum Gasteiger partial charge on any atom is -0.507 e. The normalized spacial score (nSPS) is 21.5. The first-order chi connectivity index (χ1) is 15.9. The molecule has 1 amide bonds. The van der Waals surface area contributed by atoms with E-state index in [-0.39, 0.29) is 17.4 Å². The highest BCUT2D eigenvalue weighted by Gasteiger charge is 2.45. The lowest BCUT2D eigenvalue weighted by molar-refractivity contribution is -0.140. The number of fused-ring (bicyclic) bond motifs is 1. The van der Waals surface area contributed by atoms with Gasteiger partial charge in [0.15, 0.2) is 0 Å². The van der Waals surface area contributed by atoms with Gasteiger partial charge in [-0.15, -0.1) is 0 Å². The van der Waals surface area contributed by atoms with Crippen LogP contribution in [-0.4, -0.2) is 58.9 Å². The van der Waals surface area contributed by atoms with E-state index in [1.54, 1.807) is 11.0 Å².